The predicted molar refractivity (Wildman–Crippen MR) is 86.6 cm³/mol. The van der Waals surface area contributed by atoms with Gasteiger partial charge in [0.2, 0.25) is 0 Å². The first-order valence-electron chi connectivity index (χ1n) is 6.02. The summed E-state index contributed by atoms with van der Waals surface area (Å²) in [5.41, 5.74) is 1.91. The number of rotatable bonds is 4. The molecule has 0 spiro atoms. The molecule has 0 fully saturated rings. The number of nitrogens with one attached hydrogen (secondary N) is 1. The van der Waals surface area contributed by atoms with Crippen molar-refractivity contribution in [2.24, 2.45) is 0 Å². The third-order valence-electron chi connectivity index (χ3n) is 3.10. The van der Waals surface area contributed by atoms with E-state index in [0.717, 1.165) is 0 Å². The number of anilines is 1. The largest absolute Gasteiger partial charge is 0.380 e. The van der Waals surface area contributed by atoms with Gasteiger partial charge in [0.15, 0.2) is 0 Å². The quantitative estimate of drug-likeness (QED) is 0.454. The summed E-state index contributed by atoms with van der Waals surface area (Å²) in [5, 5.41) is 15.3. The monoisotopic (exact) mass is 344 g/mol. The number of halogens is 3. The Labute approximate surface area is 136 Å². The Balaban J connectivity index is 2.27. The number of benzene rings is 2. The molecule has 2 aromatic carbocycles. The van der Waals surface area contributed by atoms with Gasteiger partial charge in [0.25, 0.3) is 5.69 Å². The van der Waals surface area contributed by atoms with Gasteiger partial charge in [-0.1, -0.05) is 40.9 Å². The van der Waals surface area contributed by atoms with Gasteiger partial charge in [-0.25, -0.2) is 0 Å². The van der Waals surface area contributed by atoms with Crippen molar-refractivity contribution in [3.05, 3.63) is 66.6 Å². The summed E-state index contributed by atoms with van der Waals surface area (Å²) in [6, 6.07) is 8.12. The van der Waals surface area contributed by atoms with Crippen LogP contribution in [0, 0.1) is 17.0 Å². The Morgan fingerprint density at radius 1 is 1.14 bits per heavy atom. The first-order chi connectivity index (χ1) is 9.91. The molecule has 0 unspecified atom stereocenters. The van der Waals surface area contributed by atoms with Crippen molar-refractivity contribution in [1.82, 2.24) is 0 Å². The first-order valence-corrected chi connectivity index (χ1v) is 7.15. The van der Waals surface area contributed by atoms with E-state index in [1.165, 1.54) is 6.07 Å². The summed E-state index contributed by atoms with van der Waals surface area (Å²) < 4.78 is 0. The van der Waals surface area contributed by atoms with Crippen LogP contribution in [0.5, 0.6) is 0 Å². The molecular formula is C14H11Cl3N2O2. The number of nitro benzene ring substituents is 1. The smallest absolute Gasteiger partial charge is 0.274 e. The molecule has 1 N–H and O–H groups in total. The summed E-state index contributed by atoms with van der Waals surface area (Å²) >= 11 is 18.2. The summed E-state index contributed by atoms with van der Waals surface area (Å²) in [4.78, 5) is 10.5. The van der Waals surface area contributed by atoms with Crippen LogP contribution < -0.4 is 5.32 Å². The summed E-state index contributed by atoms with van der Waals surface area (Å²) in [6.07, 6.45) is 0. The zero-order chi connectivity index (χ0) is 15.6. The zero-order valence-electron chi connectivity index (χ0n) is 11.0. The molecule has 0 atom stereocenters. The van der Waals surface area contributed by atoms with E-state index < -0.39 is 4.92 Å². The van der Waals surface area contributed by atoms with Crippen LogP contribution in [0.15, 0.2) is 30.3 Å². The summed E-state index contributed by atoms with van der Waals surface area (Å²) in [5.74, 6) is 0. The molecule has 0 aliphatic heterocycles. The Morgan fingerprint density at radius 2 is 1.81 bits per heavy atom. The van der Waals surface area contributed by atoms with Crippen LogP contribution in [0.4, 0.5) is 11.4 Å². The van der Waals surface area contributed by atoms with E-state index in [1.54, 1.807) is 31.2 Å². The molecule has 110 valence electrons. The highest BCUT2D eigenvalue weighted by Gasteiger charge is 2.14. The Kier molecular flexibility index (Phi) is 4.93. The predicted octanol–water partition coefficient (Wildman–Crippen LogP) is 5.48. The van der Waals surface area contributed by atoms with Crippen molar-refractivity contribution in [2.45, 2.75) is 13.5 Å². The fourth-order valence-corrected chi connectivity index (χ4v) is 2.61. The Bertz CT molecular complexity index is 705. The van der Waals surface area contributed by atoms with Crippen LogP contribution >= 0.6 is 34.8 Å². The van der Waals surface area contributed by atoms with Gasteiger partial charge in [-0.15, -0.1) is 0 Å². The second-order valence-corrected chi connectivity index (χ2v) is 5.57. The normalized spacial score (nSPS) is 10.5. The molecular weight excluding hydrogens is 335 g/mol. The second kappa shape index (κ2) is 6.52. The fraction of sp³-hybridized carbons (Fsp3) is 0.143. The molecule has 0 aliphatic rings. The molecule has 0 bridgehead atoms. The lowest BCUT2D eigenvalue weighted by molar-refractivity contribution is -0.385. The van der Waals surface area contributed by atoms with E-state index in [1.807, 2.05) is 0 Å². The lowest BCUT2D eigenvalue weighted by Gasteiger charge is -2.12. The highest BCUT2D eigenvalue weighted by Crippen LogP contribution is 2.32. The van der Waals surface area contributed by atoms with Crippen molar-refractivity contribution < 1.29 is 4.92 Å². The van der Waals surface area contributed by atoms with Gasteiger partial charge in [0.1, 0.15) is 0 Å². The van der Waals surface area contributed by atoms with E-state index in [-0.39, 0.29) is 5.69 Å². The maximum Gasteiger partial charge on any atom is 0.274 e. The van der Waals surface area contributed by atoms with Crippen molar-refractivity contribution in [3.63, 3.8) is 0 Å². The number of nitrogens with zero attached hydrogens (tertiary/aromatic N) is 1. The number of hydrogen-bond acceptors (Lipinski definition) is 3. The van der Waals surface area contributed by atoms with Crippen LogP contribution in [0.3, 0.4) is 0 Å². The van der Waals surface area contributed by atoms with Crippen LogP contribution in [0.2, 0.25) is 15.1 Å². The standard InChI is InChI=1S/C14H11Cl3N2O2/c1-8-12(3-2-4-13(8)19(20)21)18-7-9-10(15)5-6-11(16)14(9)17/h2-6,18H,7H2,1H3. The van der Waals surface area contributed by atoms with Gasteiger partial charge < -0.3 is 5.32 Å². The molecule has 2 aromatic rings. The van der Waals surface area contributed by atoms with Crippen LogP contribution in [-0.4, -0.2) is 4.92 Å². The molecule has 7 heteroatoms. The van der Waals surface area contributed by atoms with Gasteiger partial charge in [0, 0.05) is 34.4 Å². The third kappa shape index (κ3) is 3.40. The molecule has 0 aromatic heterocycles. The molecule has 2 rings (SSSR count). The van der Waals surface area contributed by atoms with Crippen molar-refractivity contribution in [1.29, 1.82) is 0 Å². The maximum atomic E-state index is 10.9. The number of nitro groups is 1. The minimum absolute atomic E-state index is 0.0586. The second-order valence-electron chi connectivity index (χ2n) is 4.38. The van der Waals surface area contributed by atoms with Gasteiger partial charge in [-0.3, -0.25) is 10.1 Å². The number of hydrogen-bond donors (Lipinski definition) is 1. The third-order valence-corrected chi connectivity index (χ3v) is 4.29. The Morgan fingerprint density at radius 3 is 2.48 bits per heavy atom. The van der Waals surface area contributed by atoms with Crippen LogP contribution in [0.1, 0.15) is 11.1 Å². The minimum Gasteiger partial charge on any atom is -0.380 e. The van der Waals surface area contributed by atoms with Crippen LogP contribution in [0.25, 0.3) is 0 Å². The maximum absolute atomic E-state index is 10.9. The van der Waals surface area contributed by atoms with Gasteiger partial charge in [0.05, 0.1) is 15.0 Å². The summed E-state index contributed by atoms with van der Waals surface area (Å²) in [7, 11) is 0. The molecule has 0 amide bonds. The van der Waals surface area contributed by atoms with Crippen molar-refractivity contribution >= 4 is 46.2 Å². The SMILES string of the molecule is Cc1c(NCc2c(Cl)ccc(Cl)c2Cl)cccc1[N+](=O)[O-]. The Hall–Kier alpha value is -1.49. The summed E-state index contributed by atoms with van der Waals surface area (Å²) in [6.45, 7) is 2.00. The molecule has 0 aliphatic carbocycles. The lowest BCUT2D eigenvalue weighted by Crippen LogP contribution is -2.04. The van der Waals surface area contributed by atoms with Gasteiger partial charge in [-0.2, -0.15) is 0 Å². The average molecular weight is 346 g/mol. The molecule has 21 heavy (non-hydrogen) atoms. The first kappa shape index (κ1) is 15.9. The van der Waals surface area contributed by atoms with Gasteiger partial charge >= 0.3 is 0 Å². The molecule has 0 heterocycles. The topological polar surface area (TPSA) is 55.2 Å². The van der Waals surface area contributed by atoms with E-state index in [4.69, 9.17) is 34.8 Å². The molecule has 0 radical (unpaired) electrons. The molecule has 0 saturated heterocycles. The van der Waals surface area contributed by atoms with E-state index in [0.29, 0.717) is 38.4 Å². The van der Waals surface area contributed by atoms with Crippen molar-refractivity contribution in [2.75, 3.05) is 5.32 Å². The highest BCUT2D eigenvalue weighted by molar-refractivity contribution is 6.44. The zero-order valence-corrected chi connectivity index (χ0v) is 13.3. The molecule has 4 nitrogen and oxygen atoms in total. The molecule has 0 saturated carbocycles. The van der Waals surface area contributed by atoms with Crippen molar-refractivity contribution in [3.8, 4) is 0 Å². The van der Waals surface area contributed by atoms with Gasteiger partial charge in [-0.05, 0) is 25.1 Å². The van der Waals surface area contributed by atoms with E-state index >= 15 is 0 Å². The lowest BCUT2D eigenvalue weighted by atomic mass is 10.1. The van der Waals surface area contributed by atoms with Crippen LogP contribution in [-0.2, 0) is 6.54 Å². The average Bonchev–Trinajstić information content (AvgIpc) is 2.44. The van der Waals surface area contributed by atoms with E-state index in [2.05, 4.69) is 5.32 Å². The van der Waals surface area contributed by atoms with E-state index in [9.17, 15) is 10.1 Å². The highest BCUT2D eigenvalue weighted by atomic mass is 35.5. The minimum atomic E-state index is -0.417. The fourth-order valence-electron chi connectivity index (χ4n) is 1.93.